The number of anilines is 3. The van der Waals surface area contributed by atoms with E-state index in [1.807, 2.05) is 25.1 Å². The lowest BCUT2D eigenvalue weighted by Crippen LogP contribution is -2.14. The van der Waals surface area contributed by atoms with Crippen LogP contribution in [0.25, 0.3) is 0 Å². The zero-order chi connectivity index (χ0) is 19.4. The number of hydrogen-bond donors (Lipinski definition) is 2. The molecule has 27 heavy (non-hydrogen) atoms. The standard InChI is InChI=1S/C22H25FN4/c1-15-13-20(26-19-8-6-5-7-18(19)22(2,3)4)27-21(25-15)24-14-16-9-11-17(23)12-10-16/h5-13H,14H2,1-4H3,(H2,24,25,26,27). The van der Waals surface area contributed by atoms with Crippen LogP contribution < -0.4 is 10.6 Å². The molecule has 3 rings (SSSR count). The van der Waals surface area contributed by atoms with Crippen molar-refractivity contribution in [3.63, 3.8) is 0 Å². The molecule has 1 heterocycles. The number of benzene rings is 2. The predicted octanol–water partition coefficient (Wildman–Crippen LogP) is 5.58. The van der Waals surface area contributed by atoms with Crippen molar-refractivity contribution in [2.45, 2.75) is 39.7 Å². The Morgan fingerprint density at radius 1 is 0.963 bits per heavy atom. The van der Waals surface area contributed by atoms with Crippen LogP contribution in [0.4, 0.5) is 21.8 Å². The first-order valence-corrected chi connectivity index (χ1v) is 9.02. The van der Waals surface area contributed by atoms with Crippen molar-refractivity contribution in [3.05, 3.63) is 77.2 Å². The van der Waals surface area contributed by atoms with Crippen LogP contribution in [0, 0.1) is 12.7 Å². The smallest absolute Gasteiger partial charge is 0.225 e. The molecule has 140 valence electrons. The van der Waals surface area contributed by atoms with Crippen molar-refractivity contribution in [1.82, 2.24) is 9.97 Å². The number of hydrogen-bond acceptors (Lipinski definition) is 4. The highest BCUT2D eigenvalue weighted by atomic mass is 19.1. The van der Waals surface area contributed by atoms with Crippen molar-refractivity contribution in [2.24, 2.45) is 0 Å². The Kier molecular flexibility index (Phi) is 5.40. The van der Waals surface area contributed by atoms with Gasteiger partial charge in [-0.15, -0.1) is 0 Å². The first-order chi connectivity index (χ1) is 12.8. The lowest BCUT2D eigenvalue weighted by molar-refractivity contribution is 0.592. The summed E-state index contributed by atoms with van der Waals surface area (Å²) in [6.45, 7) is 9.03. The zero-order valence-electron chi connectivity index (χ0n) is 16.2. The van der Waals surface area contributed by atoms with Crippen LogP contribution in [-0.2, 0) is 12.0 Å². The predicted molar refractivity (Wildman–Crippen MR) is 109 cm³/mol. The Morgan fingerprint density at radius 2 is 1.67 bits per heavy atom. The molecule has 2 aromatic carbocycles. The van der Waals surface area contributed by atoms with E-state index in [0.29, 0.717) is 12.5 Å². The third-order valence-electron chi connectivity index (χ3n) is 4.22. The average molecular weight is 364 g/mol. The van der Waals surface area contributed by atoms with E-state index in [1.54, 1.807) is 12.1 Å². The van der Waals surface area contributed by atoms with Crippen LogP contribution >= 0.6 is 0 Å². The van der Waals surface area contributed by atoms with Crippen molar-refractivity contribution in [1.29, 1.82) is 0 Å². The number of para-hydroxylation sites is 1. The topological polar surface area (TPSA) is 49.8 Å². The van der Waals surface area contributed by atoms with Crippen LogP contribution in [0.3, 0.4) is 0 Å². The summed E-state index contributed by atoms with van der Waals surface area (Å²) in [6, 6.07) is 16.6. The van der Waals surface area contributed by atoms with Gasteiger partial charge in [0.05, 0.1) is 0 Å². The molecule has 1 aromatic heterocycles. The molecule has 0 unspecified atom stereocenters. The molecule has 0 saturated carbocycles. The number of aromatic nitrogens is 2. The summed E-state index contributed by atoms with van der Waals surface area (Å²) >= 11 is 0. The van der Waals surface area contributed by atoms with Crippen molar-refractivity contribution in [2.75, 3.05) is 10.6 Å². The fourth-order valence-electron chi connectivity index (χ4n) is 2.88. The lowest BCUT2D eigenvalue weighted by atomic mass is 9.86. The SMILES string of the molecule is Cc1cc(Nc2ccccc2C(C)(C)C)nc(NCc2ccc(F)cc2)n1. The summed E-state index contributed by atoms with van der Waals surface area (Å²) in [5.74, 6) is 1.03. The fraction of sp³-hybridized carbons (Fsp3) is 0.273. The van der Waals surface area contributed by atoms with Gasteiger partial charge in [-0.3, -0.25) is 0 Å². The summed E-state index contributed by atoms with van der Waals surface area (Å²) in [4.78, 5) is 9.02. The van der Waals surface area contributed by atoms with Gasteiger partial charge in [-0.05, 0) is 41.7 Å². The first-order valence-electron chi connectivity index (χ1n) is 9.02. The second-order valence-corrected chi connectivity index (χ2v) is 7.62. The largest absolute Gasteiger partial charge is 0.350 e. The van der Waals surface area contributed by atoms with Gasteiger partial charge in [0.25, 0.3) is 0 Å². The van der Waals surface area contributed by atoms with E-state index >= 15 is 0 Å². The molecule has 0 atom stereocenters. The molecule has 2 N–H and O–H groups in total. The molecule has 4 nitrogen and oxygen atoms in total. The molecule has 0 fully saturated rings. The molecule has 0 aliphatic rings. The van der Waals surface area contributed by atoms with E-state index in [1.165, 1.54) is 17.7 Å². The van der Waals surface area contributed by atoms with Gasteiger partial charge in [-0.2, -0.15) is 4.98 Å². The van der Waals surface area contributed by atoms with Crippen molar-refractivity contribution in [3.8, 4) is 0 Å². The molecule has 3 aromatic rings. The Hall–Kier alpha value is -2.95. The Morgan fingerprint density at radius 3 is 2.37 bits per heavy atom. The quantitative estimate of drug-likeness (QED) is 0.621. The number of aryl methyl sites for hydroxylation is 1. The summed E-state index contributed by atoms with van der Waals surface area (Å²) in [5, 5.41) is 6.63. The minimum absolute atomic E-state index is 0.0231. The Labute approximate surface area is 159 Å². The number of nitrogens with one attached hydrogen (secondary N) is 2. The van der Waals surface area contributed by atoms with Crippen molar-refractivity contribution < 1.29 is 4.39 Å². The summed E-state index contributed by atoms with van der Waals surface area (Å²) in [7, 11) is 0. The lowest BCUT2D eigenvalue weighted by Gasteiger charge is -2.23. The van der Waals surface area contributed by atoms with E-state index < -0.39 is 0 Å². The maximum atomic E-state index is 13.0. The third kappa shape index (κ3) is 5.03. The second-order valence-electron chi connectivity index (χ2n) is 7.62. The molecule has 0 aliphatic carbocycles. The fourth-order valence-corrected chi connectivity index (χ4v) is 2.88. The van der Waals surface area contributed by atoms with Gasteiger partial charge in [-0.25, -0.2) is 9.37 Å². The van der Waals surface area contributed by atoms with E-state index in [4.69, 9.17) is 0 Å². The van der Waals surface area contributed by atoms with Gasteiger partial charge in [0.1, 0.15) is 11.6 Å². The van der Waals surface area contributed by atoms with Gasteiger partial charge in [-0.1, -0.05) is 51.1 Å². The maximum Gasteiger partial charge on any atom is 0.225 e. The van der Waals surface area contributed by atoms with E-state index in [2.05, 4.69) is 53.5 Å². The molecule has 0 spiro atoms. The van der Waals surface area contributed by atoms with E-state index in [0.717, 1.165) is 22.8 Å². The van der Waals surface area contributed by atoms with Crippen LogP contribution in [-0.4, -0.2) is 9.97 Å². The third-order valence-corrected chi connectivity index (χ3v) is 4.22. The van der Waals surface area contributed by atoms with E-state index in [9.17, 15) is 4.39 Å². The maximum absolute atomic E-state index is 13.0. The number of nitrogens with zero attached hydrogens (tertiary/aromatic N) is 2. The molecular weight excluding hydrogens is 339 g/mol. The molecule has 0 aliphatic heterocycles. The van der Waals surface area contributed by atoms with Crippen LogP contribution in [0.5, 0.6) is 0 Å². The number of rotatable bonds is 5. The summed E-state index contributed by atoms with van der Waals surface area (Å²) < 4.78 is 13.0. The molecule has 0 bridgehead atoms. The molecule has 5 heteroatoms. The molecule has 0 saturated heterocycles. The molecular formula is C22H25FN4. The van der Waals surface area contributed by atoms with Crippen molar-refractivity contribution >= 4 is 17.5 Å². The van der Waals surface area contributed by atoms with Gasteiger partial charge >= 0.3 is 0 Å². The Balaban J connectivity index is 1.79. The average Bonchev–Trinajstić information content (AvgIpc) is 2.60. The highest BCUT2D eigenvalue weighted by Gasteiger charge is 2.17. The molecule has 0 radical (unpaired) electrons. The first kappa shape index (κ1) is 18.8. The summed E-state index contributed by atoms with van der Waals surface area (Å²) in [5.41, 5.74) is 4.11. The minimum Gasteiger partial charge on any atom is -0.350 e. The molecule has 0 amide bonds. The highest BCUT2D eigenvalue weighted by molar-refractivity contribution is 5.63. The summed E-state index contributed by atoms with van der Waals surface area (Å²) in [6.07, 6.45) is 0. The van der Waals surface area contributed by atoms with E-state index in [-0.39, 0.29) is 11.2 Å². The Bertz CT molecular complexity index is 914. The van der Waals surface area contributed by atoms with Gasteiger partial charge in [0.15, 0.2) is 0 Å². The second kappa shape index (κ2) is 7.74. The highest BCUT2D eigenvalue weighted by Crippen LogP contribution is 2.31. The minimum atomic E-state index is -0.241. The van der Waals surface area contributed by atoms with Crippen LogP contribution in [0.2, 0.25) is 0 Å². The van der Waals surface area contributed by atoms with Crippen LogP contribution in [0.1, 0.15) is 37.6 Å². The van der Waals surface area contributed by atoms with Gasteiger partial charge < -0.3 is 10.6 Å². The zero-order valence-corrected chi connectivity index (χ0v) is 16.2. The number of halogens is 1. The monoisotopic (exact) mass is 364 g/mol. The van der Waals surface area contributed by atoms with Crippen LogP contribution in [0.15, 0.2) is 54.6 Å². The normalized spacial score (nSPS) is 11.3. The van der Waals surface area contributed by atoms with Gasteiger partial charge in [0.2, 0.25) is 5.95 Å². The van der Waals surface area contributed by atoms with Gasteiger partial charge in [0, 0.05) is 24.0 Å².